The number of carbonyl (C=O) groups is 1. The lowest BCUT2D eigenvalue weighted by Gasteiger charge is -2.43. The van der Waals surface area contributed by atoms with Gasteiger partial charge >= 0.3 is 0 Å². The molecule has 0 unspecified atom stereocenters. The first-order valence-corrected chi connectivity index (χ1v) is 11.9. The molecule has 2 aromatic carbocycles. The van der Waals surface area contributed by atoms with E-state index in [2.05, 4.69) is 47.3 Å². The second-order valence-electron chi connectivity index (χ2n) is 9.08. The molecule has 168 valence electrons. The maximum atomic E-state index is 12.3. The third-order valence-electron chi connectivity index (χ3n) is 7.04. The van der Waals surface area contributed by atoms with Crippen molar-refractivity contribution in [2.45, 2.75) is 64.0 Å². The molecule has 0 saturated heterocycles. The third-order valence-corrected chi connectivity index (χ3v) is 7.04. The molecule has 1 N–H and O–H groups in total. The second-order valence-corrected chi connectivity index (χ2v) is 9.08. The minimum absolute atomic E-state index is 0.0962. The van der Waals surface area contributed by atoms with E-state index in [0.29, 0.717) is 12.6 Å². The summed E-state index contributed by atoms with van der Waals surface area (Å²) in [4.78, 5) is 14.8. The van der Waals surface area contributed by atoms with Crippen molar-refractivity contribution in [1.82, 2.24) is 4.90 Å². The first-order valence-electron chi connectivity index (χ1n) is 11.9. The van der Waals surface area contributed by atoms with Gasteiger partial charge in [-0.3, -0.25) is 9.69 Å². The molecular weight excluding hydrogens is 396 g/mol. The van der Waals surface area contributed by atoms with Crippen LogP contribution in [0.3, 0.4) is 0 Å². The number of nitrogens with zero attached hydrogens (tertiary/aromatic N) is 1. The molecule has 2 aliphatic rings. The average Bonchev–Trinajstić information content (AvgIpc) is 2.77. The summed E-state index contributed by atoms with van der Waals surface area (Å²) in [7, 11) is 1.72. The number of hydrogen-bond donors (Lipinski definition) is 1. The minimum Gasteiger partial charge on any atom is -0.497 e. The van der Waals surface area contributed by atoms with Crippen molar-refractivity contribution >= 4 is 11.6 Å². The van der Waals surface area contributed by atoms with Crippen molar-refractivity contribution in [2.24, 2.45) is 5.92 Å². The number of amides is 1. The fourth-order valence-electron chi connectivity index (χ4n) is 4.98. The van der Waals surface area contributed by atoms with Gasteiger partial charge in [-0.05, 0) is 66.6 Å². The summed E-state index contributed by atoms with van der Waals surface area (Å²) in [6.45, 7) is 2.85. The van der Waals surface area contributed by atoms with Gasteiger partial charge in [0.1, 0.15) is 5.75 Å². The SMILES string of the molecule is C#CCN1[C@@H](CCCC)Cc2cc(OC)ccc2[C@@H]1c1ccc(NC(=O)C2CCC2)cc1. The second kappa shape index (κ2) is 10.2. The summed E-state index contributed by atoms with van der Waals surface area (Å²) >= 11 is 0. The minimum atomic E-state index is 0.0962. The Bertz CT molecular complexity index is 972. The lowest BCUT2D eigenvalue weighted by Crippen LogP contribution is -2.44. The van der Waals surface area contributed by atoms with Gasteiger partial charge in [-0.15, -0.1) is 6.42 Å². The quantitative estimate of drug-likeness (QED) is 0.557. The first-order chi connectivity index (χ1) is 15.6. The number of fused-ring (bicyclic) bond motifs is 1. The molecule has 0 bridgehead atoms. The summed E-state index contributed by atoms with van der Waals surface area (Å²) in [5.74, 6) is 4.13. The van der Waals surface area contributed by atoms with Crippen LogP contribution in [-0.4, -0.2) is 30.5 Å². The number of carbonyl (C=O) groups excluding carboxylic acids is 1. The molecular formula is C28H34N2O2. The number of rotatable bonds is 8. The highest BCUT2D eigenvalue weighted by Crippen LogP contribution is 2.40. The molecule has 1 aliphatic carbocycles. The molecule has 1 heterocycles. The number of methoxy groups -OCH3 is 1. The van der Waals surface area contributed by atoms with Gasteiger partial charge in [0.25, 0.3) is 0 Å². The molecule has 1 fully saturated rings. The lowest BCUT2D eigenvalue weighted by molar-refractivity contribution is -0.122. The average molecular weight is 431 g/mol. The van der Waals surface area contributed by atoms with Gasteiger partial charge < -0.3 is 10.1 Å². The van der Waals surface area contributed by atoms with Gasteiger partial charge in [-0.1, -0.05) is 50.3 Å². The summed E-state index contributed by atoms with van der Waals surface area (Å²) in [5.41, 5.74) is 4.70. The molecule has 1 saturated carbocycles. The van der Waals surface area contributed by atoms with E-state index in [1.54, 1.807) is 7.11 Å². The largest absolute Gasteiger partial charge is 0.497 e. The molecule has 1 aliphatic heterocycles. The van der Waals surface area contributed by atoms with Crippen LogP contribution in [0.1, 0.15) is 68.2 Å². The van der Waals surface area contributed by atoms with Crippen molar-refractivity contribution < 1.29 is 9.53 Å². The van der Waals surface area contributed by atoms with Crippen molar-refractivity contribution in [3.8, 4) is 18.1 Å². The van der Waals surface area contributed by atoms with Crippen LogP contribution in [0.15, 0.2) is 42.5 Å². The van der Waals surface area contributed by atoms with E-state index in [1.165, 1.54) is 29.5 Å². The lowest BCUT2D eigenvalue weighted by atomic mass is 9.83. The van der Waals surface area contributed by atoms with E-state index in [4.69, 9.17) is 11.2 Å². The van der Waals surface area contributed by atoms with Crippen LogP contribution in [0.25, 0.3) is 0 Å². The number of anilines is 1. The van der Waals surface area contributed by atoms with Gasteiger partial charge in [0.15, 0.2) is 0 Å². The Kier molecular flexibility index (Phi) is 7.17. The van der Waals surface area contributed by atoms with E-state index < -0.39 is 0 Å². The van der Waals surface area contributed by atoms with Gasteiger partial charge in [0.2, 0.25) is 5.91 Å². The maximum absolute atomic E-state index is 12.3. The third kappa shape index (κ3) is 4.69. The van der Waals surface area contributed by atoms with Gasteiger partial charge in [-0.2, -0.15) is 0 Å². The normalized spacial score (nSPS) is 20.7. The number of hydrogen-bond acceptors (Lipinski definition) is 3. The van der Waals surface area contributed by atoms with Gasteiger partial charge in [-0.25, -0.2) is 0 Å². The zero-order valence-corrected chi connectivity index (χ0v) is 19.3. The summed E-state index contributed by atoms with van der Waals surface area (Å²) in [6.07, 6.45) is 13.5. The first kappa shape index (κ1) is 22.4. The van der Waals surface area contributed by atoms with E-state index in [1.807, 2.05) is 18.2 Å². The van der Waals surface area contributed by atoms with Gasteiger partial charge in [0, 0.05) is 17.6 Å². The van der Waals surface area contributed by atoms with Crippen molar-refractivity contribution in [3.63, 3.8) is 0 Å². The van der Waals surface area contributed by atoms with E-state index in [9.17, 15) is 4.79 Å². The predicted octanol–water partition coefficient (Wildman–Crippen LogP) is 5.57. The van der Waals surface area contributed by atoms with E-state index in [0.717, 1.165) is 43.5 Å². The monoisotopic (exact) mass is 430 g/mol. The smallest absolute Gasteiger partial charge is 0.227 e. The molecule has 4 heteroatoms. The molecule has 1 amide bonds. The highest BCUT2D eigenvalue weighted by atomic mass is 16.5. The molecule has 0 aromatic heterocycles. The number of benzene rings is 2. The maximum Gasteiger partial charge on any atom is 0.227 e. The van der Waals surface area contributed by atoms with E-state index in [-0.39, 0.29) is 17.9 Å². The fraction of sp³-hybridized carbons (Fsp3) is 0.464. The topological polar surface area (TPSA) is 41.6 Å². The highest BCUT2D eigenvalue weighted by Gasteiger charge is 2.35. The number of ether oxygens (including phenoxy) is 1. The van der Waals surface area contributed by atoms with Crippen LogP contribution in [0.4, 0.5) is 5.69 Å². The number of terminal acetylenes is 1. The van der Waals surface area contributed by atoms with Crippen LogP contribution in [0, 0.1) is 18.3 Å². The van der Waals surface area contributed by atoms with Crippen molar-refractivity contribution in [3.05, 3.63) is 59.2 Å². The van der Waals surface area contributed by atoms with Crippen LogP contribution in [-0.2, 0) is 11.2 Å². The Hall–Kier alpha value is -2.77. The van der Waals surface area contributed by atoms with Crippen LogP contribution in [0.2, 0.25) is 0 Å². The Balaban J connectivity index is 1.65. The Morgan fingerprint density at radius 1 is 1.22 bits per heavy atom. The van der Waals surface area contributed by atoms with E-state index >= 15 is 0 Å². The summed E-state index contributed by atoms with van der Waals surface area (Å²) in [6, 6.07) is 15.2. The van der Waals surface area contributed by atoms with Crippen LogP contribution < -0.4 is 10.1 Å². The molecule has 32 heavy (non-hydrogen) atoms. The molecule has 4 nitrogen and oxygen atoms in total. The van der Waals surface area contributed by atoms with Crippen molar-refractivity contribution in [2.75, 3.05) is 19.0 Å². The van der Waals surface area contributed by atoms with Crippen molar-refractivity contribution in [1.29, 1.82) is 0 Å². The molecule has 0 radical (unpaired) electrons. The Morgan fingerprint density at radius 3 is 2.62 bits per heavy atom. The van der Waals surface area contributed by atoms with Crippen LogP contribution >= 0.6 is 0 Å². The fourth-order valence-corrected chi connectivity index (χ4v) is 4.98. The zero-order chi connectivity index (χ0) is 22.5. The summed E-state index contributed by atoms with van der Waals surface area (Å²) < 4.78 is 5.51. The highest BCUT2D eigenvalue weighted by molar-refractivity contribution is 5.93. The number of nitrogens with one attached hydrogen (secondary N) is 1. The molecule has 2 atom stereocenters. The standard InChI is InChI=1S/C28H34N2O2/c1-4-6-10-24-18-22-19-25(32-3)15-16-26(22)27(30(24)17-5-2)20-11-13-23(14-12-20)29-28(31)21-8-7-9-21/h2,11-16,19,21,24,27H,4,6-10,17-18H2,1,3H3,(H,29,31)/t24-,27-/m0/s1. The molecule has 4 rings (SSSR count). The molecule has 2 aromatic rings. The van der Waals surface area contributed by atoms with Crippen LogP contribution in [0.5, 0.6) is 5.75 Å². The zero-order valence-electron chi connectivity index (χ0n) is 19.3. The Labute approximate surface area is 192 Å². The predicted molar refractivity (Wildman–Crippen MR) is 130 cm³/mol. The molecule has 0 spiro atoms. The number of unbranched alkanes of at least 4 members (excludes halogenated alkanes) is 1. The van der Waals surface area contributed by atoms with Gasteiger partial charge in [0.05, 0.1) is 19.7 Å². The Morgan fingerprint density at radius 2 is 2.00 bits per heavy atom. The summed E-state index contributed by atoms with van der Waals surface area (Å²) in [5, 5.41) is 3.08.